The fourth-order valence-corrected chi connectivity index (χ4v) is 2.94. The van der Waals surface area contributed by atoms with Gasteiger partial charge in [-0.3, -0.25) is 9.59 Å². The predicted molar refractivity (Wildman–Crippen MR) is 106 cm³/mol. The molecule has 4 nitrogen and oxygen atoms in total. The van der Waals surface area contributed by atoms with Crippen molar-refractivity contribution in [2.75, 3.05) is 11.9 Å². The molecule has 0 saturated heterocycles. The molecule has 0 aliphatic carbocycles. The Morgan fingerprint density at radius 2 is 1.48 bits per heavy atom. The lowest BCUT2D eigenvalue weighted by Crippen LogP contribution is -2.34. The standard InChI is InChI=1S/C22H27FN2O2/c1-14(2)17-9-7-10-18(15(3)4)22(17)25-21(27)13-24-20(26)12-16-8-5-6-11-19(16)23/h5-11,14-15H,12-13H2,1-4H3,(H,24,26)(H,25,27). The number of nitrogens with one attached hydrogen (secondary N) is 2. The van der Waals surface area contributed by atoms with Gasteiger partial charge in [-0.05, 0) is 34.6 Å². The van der Waals surface area contributed by atoms with E-state index in [0.29, 0.717) is 5.56 Å². The van der Waals surface area contributed by atoms with Crippen LogP contribution in [0.1, 0.15) is 56.2 Å². The minimum Gasteiger partial charge on any atom is -0.347 e. The first-order chi connectivity index (χ1) is 12.8. The van der Waals surface area contributed by atoms with Crippen LogP contribution in [0.5, 0.6) is 0 Å². The molecule has 0 aliphatic heterocycles. The molecule has 0 bridgehead atoms. The number of carbonyl (C=O) groups is 2. The summed E-state index contributed by atoms with van der Waals surface area (Å²) in [6.07, 6.45) is -0.0974. The van der Waals surface area contributed by atoms with Gasteiger partial charge in [0.25, 0.3) is 0 Å². The third-order valence-electron chi connectivity index (χ3n) is 4.39. The minimum atomic E-state index is -0.426. The van der Waals surface area contributed by atoms with Crippen molar-refractivity contribution < 1.29 is 14.0 Å². The van der Waals surface area contributed by atoms with Crippen molar-refractivity contribution in [2.45, 2.75) is 46.0 Å². The van der Waals surface area contributed by atoms with Crippen molar-refractivity contribution in [3.8, 4) is 0 Å². The second kappa shape index (κ2) is 9.31. The average molecular weight is 370 g/mol. The van der Waals surface area contributed by atoms with E-state index in [2.05, 4.69) is 38.3 Å². The van der Waals surface area contributed by atoms with Crippen molar-refractivity contribution in [3.05, 3.63) is 65.0 Å². The summed E-state index contributed by atoms with van der Waals surface area (Å²) in [5, 5.41) is 5.50. The Morgan fingerprint density at radius 1 is 0.889 bits per heavy atom. The van der Waals surface area contributed by atoms with E-state index in [-0.39, 0.29) is 30.7 Å². The van der Waals surface area contributed by atoms with Crippen LogP contribution >= 0.6 is 0 Å². The molecule has 0 radical (unpaired) electrons. The summed E-state index contributed by atoms with van der Waals surface area (Å²) in [4.78, 5) is 24.4. The van der Waals surface area contributed by atoms with Gasteiger partial charge in [0.1, 0.15) is 5.82 Å². The van der Waals surface area contributed by atoms with Gasteiger partial charge in [-0.15, -0.1) is 0 Å². The summed E-state index contributed by atoms with van der Waals surface area (Å²) in [6.45, 7) is 8.14. The zero-order valence-corrected chi connectivity index (χ0v) is 16.3. The maximum Gasteiger partial charge on any atom is 0.243 e. The molecular formula is C22H27FN2O2. The first kappa shape index (κ1) is 20.6. The summed E-state index contributed by atoms with van der Waals surface area (Å²) in [5.41, 5.74) is 3.25. The van der Waals surface area contributed by atoms with E-state index in [9.17, 15) is 14.0 Å². The molecule has 5 heteroatoms. The van der Waals surface area contributed by atoms with Gasteiger partial charge in [0.15, 0.2) is 0 Å². The smallest absolute Gasteiger partial charge is 0.243 e. The first-order valence-electron chi connectivity index (χ1n) is 9.22. The normalized spacial score (nSPS) is 10.9. The molecule has 2 N–H and O–H groups in total. The Labute approximate surface area is 160 Å². The van der Waals surface area contributed by atoms with E-state index >= 15 is 0 Å². The number of para-hydroxylation sites is 1. The summed E-state index contributed by atoms with van der Waals surface area (Å²) in [7, 11) is 0. The van der Waals surface area contributed by atoms with Crippen molar-refractivity contribution in [3.63, 3.8) is 0 Å². The molecule has 0 aromatic heterocycles. The highest BCUT2D eigenvalue weighted by Crippen LogP contribution is 2.32. The quantitative estimate of drug-likeness (QED) is 0.760. The van der Waals surface area contributed by atoms with Crippen LogP contribution in [0.25, 0.3) is 0 Å². The van der Waals surface area contributed by atoms with Gasteiger partial charge in [0.05, 0.1) is 13.0 Å². The molecule has 144 valence electrons. The lowest BCUT2D eigenvalue weighted by Gasteiger charge is -2.20. The molecule has 2 amide bonds. The SMILES string of the molecule is CC(C)c1cccc(C(C)C)c1NC(=O)CNC(=O)Cc1ccccc1F. The molecule has 0 atom stereocenters. The molecule has 27 heavy (non-hydrogen) atoms. The van der Waals surface area contributed by atoms with Crippen LogP contribution in [0.2, 0.25) is 0 Å². The Balaban J connectivity index is 2.02. The summed E-state index contributed by atoms with van der Waals surface area (Å²) >= 11 is 0. The Kier molecular flexibility index (Phi) is 7.11. The van der Waals surface area contributed by atoms with Crippen LogP contribution in [-0.4, -0.2) is 18.4 Å². The van der Waals surface area contributed by atoms with Gasteiger partial charge in [0, 0.05) is 5.69 Å². The summed E-state index contributed by atoms with van der Waals surface area (Å²) in [5.74, 6) is -0.600. The third kappa shape index (κ3) is 5.64. The topological polar surface area (TPSA) is 58.2 Å². The Morgan fingerprint density at radius 3 is 2.04 bits per heavy atom. The Hall–Kier alpha value is -2.69. The molecule has 0 saturated carbocycles. The maximum atomic E-state index is 13.6. The van der Waals surface area contributed by atoms with Crippen molar-refractivity contribution >= 4 is 17.5 Å². The highest BCUT2D eigenvalue weighted by molar-refractivity contribution is 5.96. The van der Waals surface area contributed by atoms with Gasteiger partial charge in [-0.25, -0.2) is 4.39 Å². The number of hydrogen-bond acceptors (Lipinski definition) is 2. The van der Waals surface area contributed by atoms with Gasteiger partial charge >= 0.3 is 0 Å². The fourth-order valence-electron chi connectivity index (χ4n) is 2.94. The number of halogens is 1. The van der Waals surface area contributed by atoms with E-state index in [1.807, 2.05) is 18.2 Å². The largest absolute Gasteiger partial charge is 0.347 e. The monoisotopic (exact) mass is 370 g/mol. The maximum absolute atomic E-state index is 13.6. The average Bonchev–Trinajstić information content (AvgIpc) is 2.61. The molecule has 0 unspecified atom stereocenters. The lowest BCUT2D eigenvalue weighted by molar-refractivity contribution is -0.123. The van der Waals surface area contributed by atoms with Gasteiger partial charge in [-0.2, -0.15) is 0 Å². The van der Waals surface area contributed by atoms with E-state index in [1.54, 1.807) is 18.2 Å². The number of rotatable bonds is 7. The Bertz CT molecular complexity index is 789. The van der Waals surface area contributed by atoms with Crippen LogP contribution in [0.3, 0.4) is 0 Å². The van der Waals surface area contributed by atoms with Crippen molar-refractivity contribution in [2.24, 2.45) is 0 Å². The van der Waals surface area contributed by atoms with Crippen LogP contribution in [0, 0.1) is 5.82 Å². The molecule has 2 aromatic rings. The van der Waals surface area contributed by atoms with Crippen molar-refractivity contribution in [1.29, 1.82) is 0 Å². The molecule has 0 fully saturated rings. The zero-order chi connectivity index (χ0) is 20.0. The van der Waals surface area contributed by atoms with Crippen LogP contribution in [0.4, 0.5) is 10.1 Å². The van der Waals surface area contributed by atoms with Gasteiger partial charge in [0.2, 0.25) is 11.8 Å². The molecule has 0 aliphatic rings. The highest BCUT2D eigenvalue weighted by atomic mass is 19.1. The fraction of sp³-hybridized carbons (Fsp3) is 0.364. The second-order valence-electron chi connectivity index (χ2n) is 7.21. The first-order valence-corrected chi connectivity index (χ1v) is 9.22. The number of hydrogen-bond donors (Lipinski definition) is 2. The molecule has 2 aromatic carbocycles. The highest BCUT2D eigenvalue weighted by Gasteiger charge is 2.16. The van der Waals surface area contributed by atoms with E-state index in [4.69, 9.17) is 0 Å². The van der Waals surface area contributed by atoms with Crippen LogP contribution in [-0.2, 0) is 16.0 Å². The molecule has 2 rings (SSSR count). The molecule has 0 heterocycles. The van der Waals surface area contributed by atoms with Gasteiger partial charge in [-0.1, -0.05) is 64.1 Å². The number of amides is 2. The minimum absolute atomic E-state index is 0.0974. The van der Waals surface area contributed by atoms with E-state index in [1.165, 1.54) is 6.07 Å². The second-order valence-corrected chi connectivity index (χ2v) is 7.21. The molecular weight excluding hydrogens is 343 g/mol. The van der Waals surface area contributed by atoms with E-state index in [0.717, 1.165) is 16.8 Å². The summed E-state index contributed by atoms with van der Waals surface area (Å²) in [6, 6.07) is 12.1. The molecule has 0 spiro atoms. The summed E-state index contributed by atoms with van der Waals surface area (Å²) < 4.78 is 13.6. The number of carbonyl (C=O) groups excluding carboxylic acids is 2. The number of benzene rings is 2. The zero-order valence-electron chi connectivity index (χ0n) is 16.3. The lowest BCUT2D eigenvalue weighted by atomic mass is 9.92. The van der Waals surface area contributed by atoms with Crippen LogP contribution < -0.4 is 10.6 Å². The van der Waals surface area contributed by atoms with Crippen molar-refractivity contribution in [1.82, 2.24) is 5.32 Å². The van der Waals surface area contributed by atoms with Crippen LogP contribution in [0.15, 0.2) is 42.5 Å². The third-order valence-corrected chi connectivity index (χ3v) is 4.39. The number of anilines is 1. The predicted octanol–water partition coefficient (Wildman–Crippen LogP) is 4.37. The van der Waals surface area contributed by atoms with Gasteiger partial charge < -0.3 is 10.6 Å². The van der Waals surface area contributed by atoms with E-state index < -0.39 is 11.7 Å².